The molecule has 190 valence electrons. The van der Waals surface area contributed by atoms with Crippen molar-refractivity contribution in [1.82, 2.24) is 20.0 Å². The average Bonchev–Trinajstić information content (AvgIpc) is 2.94. The minimum absolute atomic E-state index is 0.0217. The molecule has 2 aromatic carbocycles. The maximum atomic E-state index is 13.3. The lowest BCUT2D eigenvalue weighted by molar-refractivity contribution is -0.134. The Balaban J connectivity index is 1.09. The second-order valence-electron chi connectivity index (χ2n) is 9.85. The first-order chi connectivity index (χ1) is 17.6. The van der Waals surface area contributed by atoms with E-state index in [1.807, 2.05) is 34.1 Å². The quantitative estimate of drug-likeness (QED) is 0.629. The molecule has 5 rings (SSSR count). The summed E-state index contributed by atoms with van der Waals surface area (Å²) in [6.45, 7) is 7.11. The summed E-state index contributed by atoms with van der Waals surface area (Å²) in [4.78, 5) is 35.1. The Morgan fingerprint density at radius 1 is 0.833 bits per heavy atom. The van der Waals surface area contributed by atoms with E-state index in [-0.39, 0.29) is 17.9 Å². The topological polar surface area (TPSA) is 59.1 Å². The van der Waals surface area contributed by atoms with Crippen LogP contribution in [0.25, 0.3) is 0 Å². The lowest BCUT2D eigenvalue weighted by Crippen LogP contribution is -2.56. The molecule has 0 aliphatic carbocycles. The van der Waals surface area contributed by atoms with Gasteiger partial charge in [0.1, 0.15) is 6.04 Å². The van der Waals surface area contributed by atoms with Crippen molar-refractivity contribution in [3.05, 3.63) is 71.9 Å². The smallest absolute Gasteiger partial charge is 0.269 e. The number of para-hydroxylation sites is 1. The van der Waals surface area contributed by atoms with Gasteiger partial charge in [0.15, 0.2) is 0 Å². The van der Waals surface area contributed by atoms with Gasteiger partial charge in [-0.3, -0.25) is 14.5 Å². The minimum atomic E-state index is -0.321. The number of rotatable bonds is 5. The summed E-state index contributed by atoms with van der Waals surface area (Å²) in [7, 11) is 2.72. The van der Waals surface area contributed by atoms with Gasteiger partial charge in [-0.05, 0) is 35.8 Å². The molecule has 3 aliphatic rings. The van der Waals surface area contributed by atoms with E-state index in [9.17, 15) is 9.59 Å². The van der Waals surface area contributed by atoms with Crippen molar-refractivity contribution >= 4 is 32.0 Å². The van der Waals surface area contributed by atoms with Crippen LogP contribution in [-0.4, -0.2) is 84.9 Å². The molecule has 0 aromatic heterocycles. The fourth-order valence-corrected chi connectivity index (χ4v) is 5.44. The highest BCUT2D eigenvalue weighted by molar-refractivity contribution is 7.27. The van der Waals surface area contributed by atoms with Crippen LogP contribution < -0.4 is 15.5 Å². The third kappa shape index (κ3) is 5.91. The van der Waals surface area contributed by atoms with Gasteiger partial charge in [-0.1, -0.05) is 48.5 Å². The fraction of sp³-hybridized carbons (Fsp3) is 0.429. The number of amides is 2. The molecule has 36 heavy (non-hydrogen) atoms. The highest BCUT2D eigenvalue weighted by Gasteiger charge is 2.32. The molecule has 2 aromatic rings. The summed E-state index contributed by atoms with van der Waals surface area (Å²) >= 11 is 0. The van der Waals surface area contributed by atoms with Crippen molar-refractivity contribution in [2.24, 2.45) is 0 Å². The van der Waals surface area contributed by atoms with E-state index in [1.54, 1.807) is 0 Å². The molecule has 0 bridgehead atoms. The normalized spacial score (nSPS) is 21.1. The Hall–Kier alpha value is -2.89. The molecular weight excluding hydrogens is 469 g/mol. The van der Waals surface area contributed by atoms with Crippen molar-refractivity contribution in [2.75, 3.05) is 57.3 Å². The Kier molecular flexibility index (Phi) is 7.88. The van der Waals surface area contributed by atoms with Gasteiger partial charge in [-0.15, -0.1) is 9.24 Å². The highest BCUT2D eigenvalue weighted by atomic mass is 31.0. The number of carbonyl (C=O) groups excluding carboxylic acids is 2. The summed E-state index contributed by atoms with van der Waals surface area (Å²) in [5, 5.41) is 4.48. The molecule has 2 unspecified atom stereocenters. The van der Waals surface area contributed by atoms with Crippen molar-refractivity contribution < 1.29 is 9.59 Å². The Morgan fingerprint density at radius 3 is 2.19 bits per heavy atom. The van der Waals surface area contributed by atoms with E-state index in [1.165, 1.54) is 16.6 Å². The number of allylic oxidation sites excluding steroid dienone is 1. The SMILES string of the molecule is O=C(C1=CCCC(C(=O)N2CCN(c3ccccc3)CC2)N1)N1CCN(Cc2ccc(P)cc2)CC1. The first kappa shape index (κ1) is 24.8. The Labute approximate surface area is 216 Å². The van der Waals surface area contributed by atoms with E-state index in [0.717, 1.165) is 45.6 Å². The van der Waals surface area contributed by atoms with Crippen molar-refractivity contribution in [2.45, 2.75) is 25.4 Å². The van der Waals surface area contributed by atoms with Crippen LogP contribution in [0, 0.1) is 0 Å². The number of anilines is 1. The number of hydrogen-bond donors (Lipinski definition) is 1. The zero-order valence-electron chi connectivity index (χ0n) is 20.8. The zero-order valence-corrected chi connectivity index (χ0v) is 22.0. The van der Waals surface area contributed by atoms with E-state index in [0.29, 0.717) is 31.9 Å². The number of nitrogens with one attached hydrogen (secondary N) is 1. The van der Waals surface area contributed by atoms with Gasteiger partial charge in [0.2, 0.25) is 5.91 Å². The minimum Gasteiger partial charge on any atom is -0.369 e. The van der Waals surface area contributed by atoms with Crippen LogP contribution in [-0.2, 0) is 16.1 Å². The molecule has 2 atom stereocenters. The van der Waals surface area contributed by atoms with E-state index in [2.05, 4.69) is 60.8 Å². The van der Waals surface area contributed by atoms with Crippen molar-refractivity contribution in [3.8, 4) is 0 Å². The number of benzene rings is 2. The van der Waals surface area contributed by atoms with Gasteiger partial charge in [0.05, 0.1) is 5.70 Å². The molecule has 2 amide bonds. The standard InChI is InChI=1S/C28H36N5O2P/c34-27(32-15-13-30(14-16-32)21-22-9-11-24(36)12-10-22)25-7-4-8-26(29-25)28(35)33-19-17-31(18-20-33)23-5-2-1-3-6-23/h1-3,5-7,9-12,26,29H,4,8,13-21,36H2. The van der Waals surface area contributed by atoms with Gasteiger partial charge in [0, 0.05) is 64.6 Å². The van der Waals surface area contributed by atoms with Crippen LogP contribution in [0.5, 0.6) is 0 Å². The lowest BCUT2D eigenvalue weighted by atomic mass is 10.0. The van der Waals surface area contributed by atoms with Crippen LogP contribution in [0.1, 0.15) is 18.4 Å². The second-order valence-corrected chi connectivity index (χ2v) is 10.5. The van der Waals surface area contributed by atoms with Crippen molar-refractivity contribution in [1.29, 1.82) is 0 Å². The van der Waals surface area contributed by atoms with Crippen LogP contribution in [0.15, 0.2) is 66.4 Å². The number of nitrogens with zero attached hydrogens (tertiary/aromatic N) is 4. The third-order valence-corrected chi connectivity index (χ3v) is 7.81. The van der Waals surface area contributed by atoms with Crippen LogP contribution in [0.3, 0.4) is 0 Å². The van der Waals surface area contributed by atoms with E-state index >= 15 is 0 Å². The van der Waals surface area contributed by atoms with Gasteiger partial charge < -0.3 is 20.0 Å². The summed E-state index contributed by atoms with van der Waals surface area (Å²) in [5.41, 5.74) is 3.09. The van der Waals surface area contributed by atoms with Crippen LogP contribution >= 0.6 is 9.24 Å². The molecule has 2 saturated heterocycles. The molecule has 3 heterocycles. The summed E-state index contributed by atoms with van der Waals surface area (Å²) in [6.07, 6.45) is 3.45. The average molecular weight is 506 g/mol. The van der Waals surface area contributed by atoms with Crippen molar-refractivity contribution in [3.63, 3.8) is 0 Å². The molecular formula is C28H36N5O2P. The largest absolute Gasteiger partial charge is 0.369 e. The predicted molar refractivity (Wildman–Crippen MR) is 147 cm³/mol. The zero-order chi connectivity index (χ0) is 24.9. The van der Waals surface area contributed by atoms with Gasteiger partial charge in [0.25, 0.3) is 5.91 Å². The molecule has 0 spiro atoms. The molecule has 3 aliphatic heterocycles. The number of hydrogen-bond acceptors (Lipinski definition) is 5. The maximum Gasteiger partial charge on any atom is 0.269 e. The third-order valence-electron chi connectivity index (χ3n) is 7.42. The van der Waals surface area contributed by atoms with Crippen LogP contribution in [0.4, 0.5) is 5.69 Å². The van der Waals surface area contributed by atoms with Gasteiger partial charge >= 0.3 is 0 Å². The van der Waals surface area contributed by atoms with E-state index < -0.39 is 0 Å². The molecule has 2 fully saturated rings. The maximum absolute atomic E-state index is 13.3. The number of piperazine rings is 2. The summed E-state index contributed by atoms with van der Waals surface area (Å²) in [5.74, 6) is 0.135. The molecule has 7 nitrogen and oxygen atoms in total. The number of carbonyl (C=O) groups is 2. The molecule has 0 radical (unpaired) electrons. The molecule has 1 N–H and O–H groups in total. The lowest BCUT2D eigenvalue weighted by Gasteiger charge is -2.39. The highest BCUT2D eigenvalue weighted by Crippen LogP contribution is 2.19. The molecule has 8 heteroatoms. The first-order valence-electron chi connectivity index (χ1n) is 13.0. The monoisotopic (exact) mass is 505 g/mol. The molecule has 0 saturated carbocycles. The Bertz CT molecular complexity index is 1070. The summed E-state index contributed by atoms with van der Waals surface area (Å²) in [6, 6.07) is 18.6. The summed E-state index contributed by atoms with van der Waals surface area (Å²) < 4.78 is 0. The fourth-order valence-electron chi connectivity index (χ4n) is 5.25. The second kappa shape index (κ2) is 11.4. The van der Waals surface area contributed by atoms with Crippen LogP contribution in [0.2, 0.25) is 0 Å². The van der Waals surface area contributed by atoms with E-state index in [4.69, 9.17) is 0 Å². The van der Waals surface area contributed by atoms with Gasteiger partial charge in [-0.2, -0.15) is 0 Å². The predicted octanol–water partition coefficient (Wildman–Crippen LogP) is 1.82. The first-order valence-corrected chi connectivity index (χ1v) is 13.6. The Morgan fingerprint density at radius 2 is 1.50 bits per heavy atom. The van der Waals surface area contributed by atoms with Gasteiger partial charge in [-0.25, -0.2) is 0 Å².